The molecule has 1 aliphatic rings. The molecule has 1 aliphatic heterocycles. The van der Waals surface area contributed by atoms with Gasteiger partial charge in [-0.25, -0.2) is 8.42 Å². The molecule has 1 unspecified atom stereocenters. The van der Waals surface area contributed by atoms with Gasteiger partial charge in [0.15, 0.2) is 0 Å². The first-order valence-electron chi connectivity index (χ1n) is 7.56. The predicted molar refractivity (Wildman–Crippen MR) is 92.2 cm³/mol. The van der Waals surface area contributed by atoms with Crippen molar-refractivity contribution in [3.8, 4) is 0 Å². The van der Waals surface area contributed by atoms with Crippen LogP contribution in [0, 0.1) is 0 Å². The molecule has 23 heavy (non-hydrogen) atoms. The number of rotatable bonds is 7. The van der Waals surface area contributed by atoms with E-state index in [4.69, 9.17) is 0 Å². The Kier molecular flexibility index (Phi) is 7.98. The lowest BCUT2D eigenvalue weighted by molar-refractivity contribution is -0.124. The van der Waals surface area contributed by atoms with Gasteiger partial charge in [0.1, 0.15) is 6.04 Å². The quantitative estimate of drug-likeness (QED) is 0.710. The van der Waals surface area contributed by atoms with E-state index in [1.165, 1.54) is 4.31 Å². The second kappa shape index (κ2) is 9.22. The molecular weight excluding hydrogens is 338 g/mol. The van der Waals surface area contributed by atoms with Crippen LogP contribution >= 0.6 is 12.4 Å². The molecule has 130 valence electrons. The van der Waals surface area contributed by atoms with Gasteiger partial charge in [0, 0.05) is 13.1 Å². The average Bonchev–Trinajstić information content (AvgIpc) is 3.03. The number of hydrogen-bond donors (Lipinski definition) is 2. The van der Waals surface area contributed by atoms with Crippen LogP contribution in [0.3, 0.4) is 0 Å². The molecule has 0 aromatic heterocycles. The molecule has 2 rings (SSSR count). The average molecular weight is 362 g/mol. The zero-order valence-electron chi connectivity index (χ0n) is 13.2. The second-order valence-electron chi connectivity index (χ2n) is 5.33. The molecule has 1 atom stereocenters. The Morgan fingerprint density at radius 2 is 1.96 bits per heavy atom. The molecular formula is C15H24ClN3O3S. The van der Waals surface area contributed by atoms with E-state index >= 15 is 0 Å². The minimum atomic E-state index is -3.61. The van der Waals surface area contributed by atoms with E-state index in [0.717, 1.165) is 13.0 Å². The Bertz CT molecular complexity index is 595. The molecule has 1 heterocycles. The summed E-state index contributed by atoms with van der Waals surface area (Å²) in [5, 5.41) is 5.84. The van der Waals surface area contributed by atoms with Crippen LogP contribution in [-0.2, 0) is 14.8 Å². The van der Waals surface area contributed by atoms with Gasteiger partial charge < -0.3 is 10.6 Å². The number of sulfonamides is 1. The van der Waals surface area contributed by atoms with Crippen LogP contribution < -0.4 is 10.6 Å². The fraction of sp³-hybridized carbons (Fsp3) is 0.533. The lowest BCUT2D eigenvalue weighted by atomic mass is 10.2. The third-order valence-electron chi connectivity index (χ3n) is 3.76. The van der Waals surface area contributed by atoms with Crippen molar-refractivity contribution in [3.63, 3.8) is 0 Å². The van der Waals surface area contributed by atoms with Gasteiger partial charge >= 0.3 is 0 Å². The Labute approximate surface area is 144 Å². The van der Waals surface area contributed by atoms with Crippen LogP contribution in [0.4, 0.5) is 0 Å². The molecule has 0 saturated carbocycles. The van der Waals surface area contributed by atoms with E-state index in [2.05, 4.69) is 10.6 Å². The van der Waals surface area contributed by atoms with Crippen molar-refractivity contribution in [3.05, 3.63) is 30.3 Å². The lowest BCUT2D eigenvalue weighted by Crippen LogP contribution is -2.46. The van der Waals surface area contributed by atoms with Gasteiger partial charge in [0.2, 0.25) is 15.9 Å². The van der Waals surface area contributed by atoms with Crippen molar-refractivity contribution in [2.24, 2.45) is 0 Å². The highest BCUT2D eigenvalue weighted by Crippen LogP contribution is 2.26. The first kappa shape index (κ1) is 19.9. The number of benzene rings is 1. The largest absolute Gasteiger partial charge is 0.355 e. The van der Waals surface area contributed by atoms with Gasteiger partial charge in [-0.2, -0.15) is 4.31 Å². The number of halogens is 1. The van der Waals surface area contributed by atoms with Crippen molar-refractivity contribution in [2.75, 3.05) is 26.7 Å². The van der Waals surface area contributed by atoms with Crippen molar-refractivity contribution in [2.45, 2.75) is 30.2 Å². The summed E-state index contributed by atoms with van der Waals surface area (Å²) in [6.07, 6.45) is 2.10. The molecule has 0 bridgehead atoms. The summed E-state index contributed by atoms with van der Waals surface area (Å²) in [5.74, 6) is -0.201. The summed E-state index contributed by atoms with van der Waals surface area (Å²) in [7, 11) is -1.75. The number of amides is 1. The fourth-order valence-corrected chi connectivity index (χ4v) is 4.29. The summed E-state index contributed by atoms with van der Waals surface area (Å²) in [5.41, 5.74) is 0. The summed E-state index contributed by atoms with van der Waals surface area (Å²) in [4.78, 5) is 12.5. The van der Waals surface area contributed by atoms with Crippen molar-refractivity contribution in [1.29, 1.82) is 0 Å². The van der Waals surface area contributed by atoms with Crippen LogP contribution in [0.25, 0.3) is 0 Å². The molecule has 0 spiro atoms. The molecule has 1 aromatic carbocycles. The maximum Gasteiger partial charge on any atom is 0.243 e. The number of nitrogens with zero attached hydrogens (tertiary/aromatic N) is 1. The maximum atomic E-state index is 12.7. The SMILES string of the molecule is CNCCCNC(=O)C1CCCN1S(=O)(=O)c1ccccc1.Cl. The highest BCUT2D eigenvalue weighted by molar-refractivity contribution is 7.89. The third-order valence-corrected chi connectivity index (χ3v) is 5.68. The molecule has 8 heteroatoms. The topological polar surface area (TPSA) is 78.5 Å². The summed E-state index contributed by atoms with van der Waals surface area (Å²) in [6, 6.07) is 7.69. The van der Waals surface area contributed by atoms with E-state index in [1.807, 2.05) is 7.05 Å². The van der Waals surface area contributed by atoms with Gasteiger partial charge in [0.25, 0.3) is 0 Å². The van der Waals surface area contributed by atoms with E-state index in [-0.39, 0.29) is 23.2 Å². The van der Waals surface area contributed by atoms with Gasteiger partial charge in [0.05, 0.1) is 4.90 Å². The maximum absolute atomic E-state index is 12.7. The van der Waals surface area contributed by atoms with E-state index < -0.39 is 16.1 Å². The Morgan fingerprint density at radius 1 is 1.26 bits per heavy atom. The first-order chi connectivity index (χ1) is 10.6. The highest BCUT2D eigenvalue weighted by Gasteiger charge is 2.39. The molecule has 6 nitrogen and oxygen atoms in total. The molecule has 0 radical (unpaired) electrons. The van der Waals surface area contributed by atoms with E-state index in [0.29, 0.717) is 25.9 Å². The predicted octanol–water partition coefficient (Wildman–Crippen LogP) is 0.987. The van der Waals surface area contributed by atoms with Gasteiger partial charge in [-0.15, -0.1) is 12.4 Å². The summed E-state index contributed by atoms with van der Waals surface area (Å²) < 4.78 is 26.7. The first-order valence-corrected chi connectivity index (χ1v) is 9.00. The minimum absolute atomic E-state index is 0. The Hall–Kier alpha value is -1.15. The van der Waals surface area contributed by atoms with Gasteiger partial charge in [-0.05, 0) is 45.0 Å². The third kappa shape index (κ3) is 4.91. The Morgan fingerprint density at radius 3 is 2.61 bits per heavy atom. The van der Waals surface area contributed by atoms with E-state index in [9.17, 15) is 13.2 Å². The zero-order valence-corrected chi connectivity index (χ0v) is 14.8. The number of carbonyl (C=O) groups excluding carboxylic acids is 1. The molecule has 1 saturated heterocycles. The van der Waals surface area contributed by atoms with Gasteiger partial charge in [-0.1, -0.05) is 18.2 Å². The van der Waals surface area contributed by atoms with E-state index in [1.54, 1.807) is 30.3 Å². The molecule has 1 amide bonds. The number of carbonyl (C=O) groups is 1. The van der Waals surface area contributed by atoms with Crippen LogP contribution in [0.5, 0.6) is 0 Å². The second-order valence-corrected chi connectivity index (χ2v) is 7.23. The van der Waals surface area contributed by atoms with Crippen molar-refractivity contribution < 1.29 is 13.2 Å². The van der Waals surface area contributed by atoms with Crippen molar-refractivity contribution >= 4 is 28.3 Å². The minimum Gasteiger partial charge on any atom is -0.355 e. The molecule has 0 aliphatic carbocycles. The molecule has 2 N–H and O–H groups in total. The van der Waals surface area contributed by atoms with Crippen LogP contribution in [0.15, 0.2) is 35.2 Å². The van der Waals surface area contributed by atoms with Crippen LogP contribution in [0.2, 0.25) is 0 Å². The van der Waals surface area contributed by atoms with Gasteiger partial charge in [-0.3, -0.25) is 4.79 Å². The zero-order chi connectivity index (χ0) is 16.0. The molecule has 1 fully saturated rings. The highest BCUT2D eigenvalue weighted by atomic mass is 35.5. The monoisotopic (exact) mass is 361 g/mol. The standard InChI is InChI=1S/C15H23N3O3S.ClH/c1-16-10-6-11-17-15(19)14-9-5-12-18(14)22(20,21)13-7-3-2-4-8-13;/h2-4,7-8,14,16H,5-6,9-12H2,1H3,(H,17,19);1H. The fourth-order valence-electron chi connectivity index (χ4n) is 2.61. The molecule has 1 aromatic rings. The summed E-state index contributed by atoms with van der Waals surface area (Å²) >= 11 is 0. The Balaban J connectivity index is 0.00000264. The van der Waals surface area contributed by atoms with Crippen LogP contribution in [0.1, 0.15) is 19.3 Å². The number of nitrogens with one attached hydrogen (secondary N) is 2. The normalized spacial score (nSPS) is 18.4. The number of hydrogen-bond acceptors (Lipinski definition) is 4. The lowest BCUT2D eigenvalue weighted by Gasteiger charge is -2.23. The smallest absolute Gasteiger partial charge is 0.243 e. The van der Waals surface area contributed by atoms with Crippen LogP contribution in [-0.4, -0.2) is 51.4 Å². The summed E-state index contributed by atoms with van der Waals surface area (Å²) in [6.45, 7) is 1.76. The van der Waals surface area contributed by atoms with Crippen molar-refractivity contribution in [1.82, 2.24) is 14.9 Å².